The Labute approximate surface area is 178 Å². The van der Waals surface area contributed by atoms with Crippen molar-refractivity contribution in [3.05, 3.63) is 60.2 Å². The second-order valence-electron chi connectivity index (χ2n) is 10.1. The first-order valence-electron chi connectivity index (χ1n) is 11.6. The van der Waals surface area contributed by atoms with E-state index in [2.05, 4.69) is 64.9 Å². The van der Waals surface area contributed by atoms with Crippen molar-refractivity contribution in [3.63, 3.8) is 0 Å². The van der Waals surface area contributed by atoms with Crippen molar-refractivity contribution in [1.82, 2.24) is 10.3 Å². The molecule has 4 fully saturated rings. The molecule has 3 heteroatoms. The molecule has 0 spiro atoms. The van der Waals surface area contributed by atoms with E-state index in [1.54, 1.807) is 0 Å². The highest BCUT2D eigenvalue weighted by molar-refractivity contribution is 5.91. The molecule has 4 aliphatic carbocycles. The number of benzene rings is 2. The molecule has 0 radical (unpaired) electrons. The number of rotatable bonds is 5. The fourth-order valence-electron chi connectivity index (χ4n) is 7.19. The van der Waals surface area contributed by atoms with Crippen LogP contribution in [0.4, 0.5) is 0 Å². The Bertz CT molecular complexity index is 1050. The monoisotopic (exact) mass is 398 g/mol. The van der Waals surface area contributed by atoms with E-state index in [1.165, 1.54) is 47.0 Å². The molecule has 1 aromatic heterocycles. The quantitative estimate of drug-likeness (QED) is 0.568. The van der Waals surface area contributed by atoms with E-state index in [4.69, 9.17) is 0 Å². The highest BCUT2D eigenvalue weighted by Gasteiger charge is 2.54. The summed E-state index contributed by atoms with van der Waals surface area (Å²) < 4.78 is 0. The minimum atomic E-state index is -0.0583. The average molecular weight is 399 g/mol. The topological polar surface area (TPSA) is 44.9 Å². The third-order valence-corrected chi connectivity index (χ3v) is 8.06. The van der Waals surface area contributed by atoms with Crippen LogP contribution in [0.25, 0.3) is 22.2 Å². The minimum absolute atomic E-state index is 0.0583. The molecule has 7 rings (SSSR count). The number of para-hydroxylation sites is 1. The summed E-state index contributed by atoms with van der Waals surface area (Å²) >= 11 is 0. The molecule has 4 bridgehead atoms. The van der Waals surface area contributed by atoms with E-state index in [0.717, 1.165) is 43.4 Å². The van der Waals surface area contributed by atoms with Crippen molar-refractivity contribution in [3.8, 4) is 11.3 Å². The van der Waals surface area contributed by atoms with E-state index in [1.807, 2.05) is 0 Å². The van der Waals surface area contributed by atoms with Gasteiger partial charge in [-0.25, -0.2) is 0 Å². The zero-order valence-electron chi connectivity index (χ0n) is 17.5. The normalized spacial score (nSPS) is 29.4. The first kappa shape index (κ1) is 18.2. The van der Waals surface area contributed by atoms with Gasteiger partial charge >= 0.3 is 0 Å². The van der Waals surface area contributed by atoms with Crippen molar-refractivity contribution in [2.45, 2.75) is 44.9 Å². The molecule has 0 saturated heterocycles. The number of aromatic amines is 1. The molecule has 3 aromatic rings. The fraction of sp³-hybridized carbons (Fsp3) is 0.444. The van der Waals surface area contributed by atoms with Crippen molar-refractivity contribution < 1.29 is 4.79 Å². The molecule has 0 atom stereocenters. The molecule has 4 aliphatic rings. The Kier molecular flexibility index (Phi) is 4.26. The third kappa shape index (κ3) is 2.98. The van der Waals surface area contributed by atoms with Crippen LogP contribution in [-0.4, -0.2) is 17.4 Å². The Hall–Kier alpha value is -2.55. The second-order valence-corrected chi connectivity index (χ2v) is 10.1. The fourth-order valence-corrected chi connectivity index (χ4v) is 7.19. The molecular formula is C27H30N2O. The van der Waals surface area contributed by atoms with Crippen LogP contribution in [0, 0.1) is 23.2 Å². The van der Waals surface area contributed by atoms with Gasteiger partial charge in [0.1, 0.15) is 0 Å². The van der Waals surface area contributed by atoms with Crippen LogP contribution in [0.5, 0.6) is 0 Å². The number of fused-ring (bicyclic) bond motifs is 1. The van der Waals surface area contributed by atoms with Crippen LogP contribution in [0.15, 0.2) is 54.6 Å². The Morgan fingerprint density at radius 2 is 1.53 bits per heavy atom. The van der Waals surface area contributed by atoms with Crippen molar-refractivity contribution in [1.29, 1.82) is 0 Å². The number of nitrogens with one attached hydrogen (secondary N) is 2. The first-order valence-corrected chi connectivity index (χ1v) is 11.6. The first-order chi connectivity index (χ1) is 14.7. The molecule has 4 saturated carbocycles. The number of hydrogen-bond donors (Lipinski definition) is 2. The van der Waals surface area contributed by atoms with Crippen molar-refractivity contribution in [2.24, 2.45) is 23.2 Å². The SMILES string of the molecule is O=C(NCCc1c(-c2ccccc2)[nH]c2ccccc12)C12CC3CC(CC(C3)C1)C2. The van der Waals surface area contributed by atoms with Gasteiger partial charge in [-0.05, 0) is 79.9 Å². The summed E-state index contributed by atoms with van der Waals surface area (Å²) in [6, 6.07) is 19.0. The number of carbonyl (C=O) groups is 1. The molecule has 0 aliphatic heterocycles. The Morgan fingerprint density at radius 1 is 0.900 bits per heavy atom. The van der Waals surface area contributed by atoms with E-state index in [-0.39, 0.29) is 5.41 Å². The highest BCUT2D eigenvalue weighted by atomic mass is 16.2. The lowest BCUT2D eigenvalue weighted by Gasteiger charge is -2.55. The van der Waals surface area contributed by atoms with Gasteiger partial charge in [0.2, 0.25) is 5.91 Å². The second kappa shape index (κ2) is 7.01. The molecule has 3 nitrogen and oxygen atoms in total. The number of H-pyrrole nitrogens is 1. The summed E-state index contributed by atoms with van der Waals surface area (Å²) in [7, 11) is 0. The zero-order chi connectivity index (χ0) is 20.1. The molecule has 1 amide bonds. The molecular weight excluding hydrogens is 368 g/mol. The predicted octanol–water partition coefficient (Wildman–Crippen LogP) is 5.71. The maximum Gasteiger partial charge on any atom is 0.226 e. The van der Waals surface area contributed by atoms with Gasteiger partial charge in [0, 0.05) is 28.6 Å². The summed E-state index contributed by atoms with van der Waals surface area (Å²) in [5, 5.41) is 4.63. The summed E-state index contributed by atoms with van der Waals surface area (Å²) in [6.45, 7) is 0.711. The van der Waals surface area contributed by atoms with Gasteiger partial charge in [0.15, 0.2) is 0 Å². The van der Waals surface area contributed by atoms with Gasteiger partial charge in [0.25, 0.3) is 0 Å². The lowest BCUT2D eigenvalue weighted by molar-refractivity contribution is -0.146. The molecule has 2 aromatic carbocycles. The Morgan fingerprint density at radius 3 is 2.23 bits per heavy atom. The Balaban J connectivity index is 1.22. The van der Waals surface area contributed by atoms with Crippen molar-refractivity contribution >= 4 is 16.8 Å². The van der Waals surface area contributed by atoms with Gasteiger partial charge in [-0.1, -0.05) is 48.5 Å². The maximum absolute atomic E-state index is 13.3. The van der Waals surface area contributed by atoms with E-state index in [0.29, 0.717) is 12.5 Å². The predicted molar refractivity (Wildman–Crippen MR) is 121 cm³/mol. The molecule has 30 heavy (non-hydrogen) atoms. The number of hydrogen-bond acceptors (Lipinski definition) is 1. The highest BCUT2D eigenvalue weighted by Crippen LogP contribution is 2.60. The minimum Gasteiger partial charge on any atom is -0.355 e. The zero-order valence-corrected chi connectivity index (χ0v) is 17.5. The summed E-state index contributed by atoms with van der Waals surface area (Å²) in [5.74, 6) is 2.75. The number of amides is 1. The van der Waals surface area contributed by atoms with E-state index in [9.17, 15) is 4.79 Å². The van der Waals surface area contributed by atoms with Crippen LogP contribution in [-0.2, 0) is 11.2 Å². The van der Waals surface area contributed by atoms with Crippen LogP contribution < -0.4 is 5.32 Å². The maximum atomic E-state index is 13.3. The van der Waals surface area contributed by atoms with Gasteiger partial charge in [0.05, 0.1) is 0 Å². The summed E-state index contributed by atoms with van der Waals surface area (Å²) in [6.07, 6.45) is 8.38. The van der Waals surface area contributed by atoms with Crippen molar-refractivity contribution in [2.75, 3.05) is 6.54 Å². The third-order valence-electron chi connectivity index (χ3n) is 8.06. The number of aromatic nitrogens is 1. The summed E-state index contributed by atoms with van der Waals surface area (Å²) in [4.78, 5) is 16.9. The van der Waals surface area contributed by atoms with Gasteiger partial charge in [-0.15, -0.1) is 0 Å². The van der Waals surface area contributed by atoms with E-state index < -0.39 is 0 Å². The van der Waals surface area contributed by atoms with Crippen LogP contribution >= 0.6 is 0 Å². The molecule has 154 valence electrons. The van der Waals surface area contributed by atoms with Gasteiger partial charge < -0.3 is 10.3 Å². The van der Waals surface area contributed by atoms with E-state index >= 15 is 0 Å². The van der Waals surface area contributed by atoms with Crippen LogP contribution in [0.3, 0.4) is 0 Å². The van der Waals surface area contributed by atoms with Gasteiger partial charge in [-0.3, -0.25) is 4.79 Å². The lowest BCUT2D eigenvalue weighted by atomic mass is 9.49. The summed E-state index contributed by atoms with van der Waals surface area (Å²) in [5.41, 5.74) is 4.80. The average Bonchev–Trinajstić information content (AvgIpc) is 3.12. The smallest absolute Gasteiger partial charge is 0.226 e. The molecule has 1 heterocycles. The van der Waals surface area contributed by atoms with Gasteiger partial charge in [-0.2, -0.15) is 0 Å². The van der Waals surface area contributed by atoms with Crippen LogP contribution in [0.2, 0.25) is 0 Å². The molecule has 0 unspecified atom stereocenters. The number of carbonyl (C=O) groups excluding carboxylic acids is 1. The largest absolute Gasteiger partial charge is 0.355 e. The standard InChI is InChI=1S/C27H30N2O/c30-26(27-15-18-12-19(16-27)14-20(13-18)17-27)28-11-10-23-22-8-4-5-9-24(22)29-25(23)21-6-2-1-3-7-21/h1-9,18-20,29H,10-17H2,(H,28,30). The molecule has 2 N–H and O–H groups in total. The lowest BCUT2D eigenvalue weighted by Crippen LogP contribution is -2.53. The van der Waals surface area contributed by atoms with Crippen LogP contribution in [0.1, 0.15) is 44.1 Å².